The van der Waals surface area contributed by atoms with Gasteiger partial charge in [-0.1, -0.05) is 35.9 Å². The molecule has 0 unspecified atom stereocenters. The molecular weight excluding hydrogens is 220 g/mol. The molecule has 0 spiro atoms. The molecule has 1 aromatic heterocycles. The average Bonchev–Trinajstić information content (AvgIpc) is 2.40. The third-order valence-corrected chi connectivity index (χ3v) is 2.96. The lowest BCUT2D eigenvalue weighted by molar-refractivity contribution is 0.675. The Morgan fingerprint density at radius 1 is 1.00 bits per heavy atom. The predicted molar refractivity (Wildman–Crippen MR) is 75.7 cm³/mol. The van der Waals surface area contributed by atoms with Crippen LogP contribution in [0.1, 0.15) is 16.8 Å². The van der Waals surface area contributed by atoms with Crippen LogP contribution >= 0.6 is 0 Å². The number of nitrogens with one attached hydrogen (secondary N) is 1. The van der Waals surface area contributed by atoms with E-state index < -0.39 is 0 Å². The molecular formula is C16H20N2. The number of hydrogen-bond acceptors (Lipinski definition) is 2. The topological polar surface area (TPSA) is 24.9 Å². The fraction of sp³-hybridized carbons (Fsp3) is 0.312. The van der Waals surface area contributed by atoms with Gasteiger partial charge in [0, 0.05) is 24.9 Å². The van der Waals surface area contributed by atoms with Gasteiger partial charge in [0.15, 0.2) is 0 Å². The van der Waals surface area contributed by atoms with Crippen molar-refractivity contribution in [3.05, 3.63) is 65.5 Å². The van der Waals surface area contributed by atoms with Gasteiger partial charge < -0.3 is 5.32 Å². The zero-order chi connectivity index (χ0) is 12.6. The first-order valence-corrected chi connectivity index (χ1v) is 6.51. The normalized spacial score (nSPS) is 10.5. The Kier molecular flexibility index (Phi) is 4.91. The van der Waals surface area contributed by atoms with Crippen molar-refractivity contribution in [2.45, 2.75) is 19.8 Å². The van der Waals surface area contributed by atoms with E-state index in [4.69, 9.17) is 0 Å². The highest BCUT2D eigenvalue weighted by molar-refractivity contribution is 5.22. The molecule has 1 heterocycles. The zero-order valence-corrected chi connectivity index (χ0v) is 10.9. The molecule has 0 aliphatic carbocycles. The van der Waals surface area contributed by atoms with Crippen LogP contribution in [0.25, 0.3) is 0 Å². The standard InChI is InChI=1S/C16H20N2/c1-14-5-4-6-15(13-14)8-11-17-12-9-16-7-2-3-10-18-16/h2-7,10,13,17H,8-9,11-12H2,1H3. The summed E-state index contributed by atoms with van der Waals surface area (Å²) in [4.78, 5) is 4.31. The molecule has 0 bridgehead atoms. The molecule has 2 heteroatoms. The lowest BCUT2D eigenvalue weighted by Crippen LogP contribution is -2.20. The molecule has 0 saturated heterocycles. The monoisotopic (exact) mass is 240 g/mol. The second-order valence-electron chi connectivity index (χ2n) is 4.56. The van der Waals surface area contributed by atoms with Gasteiger partial charge in [-0.25, -0.2) is 0 Å². The van der Waals surface area contributed by atoms with Gasteiger partial charge in [0.25, 0.3) is 0 Å². The minimum Gasteiger partial charge on any atom is -0.316 e. The molecule has 0 radical (unpaired) electrons. The highest BCUT2D eigenvalue weighted by Crippen LogP contribution is 2.03. The fourth-order valence-corrected chi connectivity index (χ4v) is 1.99. The number of aryl methyl sites for hydroxylation is 1. The third kappa shape index (κ3) is 4.30. The minimum absolute atomic E-state index is 0.989. The number of pyridine rings is 1. The zero-order valence-electron chi connectivity index (χ0n) is 10.9. The largest absolute Gasteiger partial charge is 0.316 e. The van der Waals surface area contributed by atoms with Gasteiger partial charge in [0.1, 0.15) is 0 Å². The van der Waals surface area contributed by atoms with Crippen molar-refractivity contribution in [1.29, 1.82) is 0 Å². The molecule has 1 N–H and O–H groups in total. The summed E-state index contributed by atoms with van der Waals surface area (Å²) in [6.45, 7) is 4.15. The van der Waals surface area contributed by atoms with E-state index in [1.807, 2.05) is 18.3 Å². The van der Waals surface area contributed by atoms with E-state index in [0.717, 1.165) is 31.6 Å². The van der Waals surface area contributed by atoms with E-state index in [1.165, 1.54) is 11.1 Å². The lowest BCUT2D eigenvalue weighted by Gasteiger charge is -2.05. The van der Waals surface area contributed by atoms with E-state index in [0.29, 0.717) is 0 Å². The maximum Gasteiger partial charge on any atom is 0.0416 e. The molecule has 0 aliphatic rings. The van der Waals surface area contributed by atoms with Crippen molar-refractivity contribution in [3.8, 4) is 0 Å². The van der Waals surface area contributed by atoms with Crippen LogP contribution in [0.3, 0.4) is 0 Å². The number of nitrogens with zero attached hydrogens (tertiary/aromatic N) is 1. The predicted octanol–water partition coefficient (Wildman–Crippen LogP) is 2.76. The molecule has 0 saturated carbocycles. The fourth-order valence-electron chi connectivity index (χ4n) is 1.99. The smallest absolute Gasteiger partial charge is 0.0416 e. The first kappa shape index (κ1) is 12.8. The minimum atomic E-state index is 0.989. The van der Waals surface area contributed by atoms with E-state index in [1.54, 1.807) is 0 Å². The Bertz CT molecular complexity index is 466. The van der Waals surface area contributed by atoms with Crippen molar-refractivity contribution < 1.29 is 0 Å². The van der Waals surface area contributed by atoms with Gasteiger partial charge in [-0.3, -0.25) is 4.98 Å². The summed E-state index contributed by atoms with van der Waals surface area (Å²) in [6, 6.07) is 14.8. The van der Waals surface area contributed by atoms with E-state index in [-0.39, 0.29) is 0 Å². The Morgan fingerprint density at radius 3 is 2.67 bits per heavy atom. The summed E-state index contributed by atoms with van der Waals surface area (Å²) >= 11 is 0. The van der Waals surface area contributed by atoms with E-state index in [2.05, 4.69) is 47.6 Å². The van der Waals surface area contributed by atoms with Crippen LogP contribution in [0.15, 0.2) is 48.7 Å². The van der Waals surface area contributed by atoms with E-state index in [9.17, 15) is 0 Å². The van der Waals surface area contributed by atoms with Gasteiger partial charge >= 0.3 is 0 Å². The summed E-state index contributed by atoms with van der Waals surface area (Å²) in [5.74, 6) is 0. The van der Waals surface area contributed by atoms with Crippen LogP contribution < -0.4 is 5.32 Å². The molecule has 94 valence electrons. The van der Waals surface area contributed by atoms with Crippen LogP contribution in [0.5, 0.6) is 0 Å². The second kappa shape index (κ2) is 6.92. The van der Waals surface area contributed by atoms with Crippen molar-refractivity contribution in [2.75, 3.05) is 13.1 Å². The van der Waals surface area contributed by atoms with Gasteiger partial charge in [-0.2, -0.15) is 0 Å². The van der Waals surface area contributed by atoms with Crippen LogP contribution in [-0.4, -0.2) is 18.1 Å². The molecule has 0 aliphatic heterocycles. The average molecular weight is 240 g/mol. The molecule has 2 aromatic rings. The maximum absolute atomic E-state index is 4.31. The number of hydrogen-bond donors (Lipinski definition) is 1. The van der Waals surface area contributed by atoms with Gasteiger partial charge in [-0.05, 0) is 37.6 Å². The van der Waals surface area contributed by atoms with Crippen LogP contribution in [0, 0.1) is 6.92 Å². The number of benzene rings is 1. The summed E-state index contributed by atoms with van der Waals surface area (Å²) in [7, 11) is 0. The maximum atomic E-state index is 4.31. The van der Waals surface area contributed by atoms with Gasteiger partial charge in [0.05, 0.1) is 0 Å². The molecule has 2 nitrogen and oxygen atoms in total. The molecule has 2 rings (SSSR count). The molecule has 0 amide bonds. The highest BCUT2D eigenvalue weighted by atomic mass is 14.8. The molecule has 0 fully saturated rings. The summed E-state index contributed by atoms with van der Waals surface area (Å²) in [6.07, 6.45) is 3.93. The van der Waals surface area contributed by atoms with Crippen molar-refractivity contribution >= 4 is 0 Å². The molecule has 1 aromatic carbocycles. The summed E-state index contributed by atoms with van der Waals surface area (Å²) in [5.41, 5.74) is 3.89. The van der Waals surface area contributed by atoms with Crippen LogP contribution in [0.2, 0.25) is 0 Å². The third-order valence-electron chi connectivity index (χ3n) is 2.96. The SMILES string of the molecule is Cc1cccc(CCNCCc2ccccn2)c1. The Labute approximate surface area is 109 Å². The lowest BCUT2D eigenvalue weighted by atomic mass is 10.1. The van der Waals surface area contributed by atoms with Crippen molar-refractivity contribution in [2.24, 2.45) is 0 Å². The number of rotatable bonds is 6. The highest BCUT2D eigenvalue weighted by Gasteiger charge is 1.95. The Hall–Kier alpha value is -1.67. The van der Waals surface area contributed by atoms with Crippen LogP contribution in [-0.2, 0) is 12.8 Å². The Balaban J connectivity index is 1.65. The number of aromatic nitrogens is 1. The second-order valence-corrected chi connectivity index (χ2v) is 4.56. The van der Waals surface area contributed by atoms with Gasteiger partial charge in [0.2, 0.25) is 0 Å². The Morgan fingerprint density at radius 2 is 1.89 bits per heavy atom. The first-order chi connectivity index (χ1) is 8.84. The summed E-state index contributed by atoms with van der Waals surface area (Å²) < 4.78 is 0. The van der Waals surface area contributed by atoms with E-state index >= 15 is 0 Å². The first-order valence-electron chi connectivity index (χ1n) is 6.51. The summed E-state index contributed by atoms with van der Waals surface area (Å²) in [5, 5.41) is 3.46. The van der Waals surface area contributed by atoms with Crippen molar-refractivity contribution in [1.82, 2.24) is 10.3 Å². The molecule has 0 atom stereocenters. The van der Waals surface area contributed by atoms with Crippen molar-refractivity contribution in [3.63, 3.8) is 0 Å². The van der Waals surface area contributed by atoms with Crippen LogP contribution in [0.4, 0.5) is 0 Å². The molecule has 18 heavy (non-hydrogen) atoms. The quantitative estimate of drug-likeness (QED) is 0.785. The van der Waals surface area contributed by atoms with Gasteiger partial charge in [-0.15, -0.1) is 0 Å².